The molecule has 1 heterocycles. The maximum atomic E-state index is 10.3. The lowest BCUT2D eigenvalue weighted by molar-refractivity contribution is 0.0715. The van der Waals surface area contributed by atoms with Crippen molar-refractivity contribution in [1.82, 2.24) is 4.90 Å². The molecule has 0 bridgehead atoms. The summed E-state index contributed by atoms with van der Waals surface area (Å²) in [6.45, 7) is 12.3. The molecule has 1 aliphatic heterocycles. The summed E-state index contributed by atoms with van der Waals surface area (Å²) in [6.07, 6.45) is -0.472. The first kappa shape index (κ1) is 26.2. The van der Waals surface area contributed by atoms with Gasteiger partial charge in [-0.3, -0.25) is 4.90 Å². The number of hydrogen-bond donors (Lipinski definition) is 1. The number of β-amino-alcohol motifs (C(OH)–C–C–N with tert-alkyl or cyclic N) is 1. The maximum absolute atomic E-state index is 10.3. The fraction of sp³-hybridized carbons (Fsp3) is 0.556. The van der Waals surface area contributed by atoms with Crippen LogP contribution < -0.4 is 9.47 Å². The lowest BCUT2D eigenvalue weighted by Crippen LogP contribution is -2.40. The van der Waals surface area contributed by atoms with Crippen LogP contribution in [-0.4, -0.2) is 66.3 Å². The van der Waals surface area contributed by atoms with Crippen LogP contribution in [0, 0.1) is 12.8 Å². The van der Waals surface area contributed by atoms with Gasteiger partial charge in [-0.1, -0.05) is 45.0 Å². The third kappa shape index (κ3) is 7.54. The Morgan fingerprint density at radius 2 is 1.70 bits per heavy atom. The molecule has 0 aliphatic carbocycles. The van der Waals surface area contributed by atoms with Crippen molar-refractivity contribution in [2.75, 3.05) is 50.2 Å². The van der Waals surface area contributed by atoms with Gasteiger partial charge in [0, 0.05) is 48.4 Å². The van der Waals surface area contributed by atoms with Crippen LogP contribution in [0.4, 0.5) is 0 Å². The minimum absolute atomic E-state index is 0.156. The van der Waals surface area contributed by atoms with Crippen molar-refractivity contribution >= 4 is 23.4 Å². The Labute approximate surface area is 208 Å². The molecule has 2 atom stereocenters. The Hall–Kier alpha value is -1.40. The minimum atomic E-state index is -0.472. The number of ether oxygens (including phenoxy) is 2. The number of aliphatic hydroxyl groups excluding tert-OH is 1. The zero-order chi connectivity index (χ0) is 23.8. The van der Waals surface area contributed by atoms with Gasteiger partial charge in [-0.2, -0.15) is 11.8 Å². The number of nitrogens with zero attached hydrogens (tertiary/aromatic N) is 1. The number of aliphatic hydroxyl groups is 1. The lowest BCUT2D eigenvalue weighted by atomic mass is 9.77. The number of thioether (sulfide) groups is 1. The molecule has 0 radical (unpaired) electrons. The largest absolute Gasteiger partial charge is 0.493 e. The summed E-state index contributed by atoms with van der Waals surface area (Å²) in [5.41, 5.74) is 3.42. The summed E-state index contributed by atoms with van der Waals surface area (Å²) >= 11 is 7.87. The number of hydrogen-bond acceptors (Lipinski definition) is 5. The highest BCUT2D eigenvalue weighted by Gasteiger charge is 2.24. The van der Waals surface area contributed by atoms with Gasteiger partial charge in [0.2, 0.25) is 0 Å². The van der Waals surface area contributed by atoms with E-state index in [0.717, 1.165) is 41.7 Å². The average Bonchev–Trinajstić information content (AvgIpc) is 2.82. The van der Waals surface area contributed by atoms with E-state index in [4.69, 9.17) is 21.1 Å². The number of halogens is 1. The van der Waals surface area contributed by atoms with E-state index in [9.17, 15) is 5.11 Å². The molecule has 2 unspecified atom stereocenters. The van der Waals surface area contributed by atoms with Crippen molar-refractivity contribution in [3.8, 4) is 11.5 Å². The second-order valence-electron chi connectivity index (χ2n) is 9.58. The topological polar surface area (TPSA) is 41.9 Å². The number of alkyl halides is 1. The summed E-state index contributed by atoms with van der Waals surface area (Å²) in [7, 11) is 0. The highest BCUT2D eigenvalue weighted by molar-refractivity contribution is 7.99. The van der Waals surface area contributed by atoms with E-state index in [1.54, 1.807) is 0 Å². The van der Waals surface area contributed by atoms with Gasteiger partial charge in [0.25, 0.3) is 0 Å². The molecule has 1 N–H and O–H groups in total. The van der Waals surface area contributed by atoms with Crippen molar-refractivity contribution in [2.24, 2.45) is 5.92 Å². The van der Waals surface area contributed by atoms with Crippen LogP contribution in [-0.2, 0) is 5.41 Å². The second kappa shape index (κ2) is 12.3. The fourth-order valence-corrected chi connectivity index (χ4v) is 5.01. The van der Waals surface area contributed by atoms with Crippen LogP contribution in [0.15, 0.2) is 42.5 Å². The zero-order valence-corrected chi connectivity index (χ0v) is 21.9. The van der Waals surface area contributed by atoms with Gasteiger partial charge in [-0.05, 0) is 41.8 Å². The zero-order valence-electron chi connectivity index (χ0n) is 20.4. The van der Waals surface area contributed by atoms with Gasteiger partial charge in [0.05, 0.1) is 6.61 Å². The van der Waals surface area contributed by atoms with Gasteiger partial charge in [-0.25, -0.2) is 0 Å². The van der Waals surface area contributed by atoms with Crippen LogP contribution in [0.2, 0.25) is 0 Å². The van der Waals surface area contributed by atoms with E-state index in [0.29, 0.717) is 31.6 Å². The molecule has 1 fully saturated rings. The Kier molecular flexibility index (Phi) is 9.81. The normalized spacial score (nSPS) is 16.9. The standard InChI is InChI=1S/C27H38ClNO3S/c1-20(16-28)18-32-26-10-7-23(15-21(26)2)27(3,4)22-5-8-25(9-6-22)31-19-24(30)17-29-11-13-33-14-12-29/h5-10,15,20,24,30H,11-14,16-19H2,1-4H3. The van der Waals surface area contributed by atoms with E-state index in [-0.39, 0.29) is 5.41 Å². The van der Waals surface area contributed by atoms with E-state index in [1.165, 1.54) is 11.1 Å². The lowest BCUT2D eigenvalue weighted by Gasteiger charge is -2.28. The molecular formula is C27H38ClNO3S. The van der Waals surface area contributed by atoms with Crippen molar-refractivity contribution in [2.45, 2.75) is 39.2 Å². The van der Waals surface area contributed by atoms with Crippen LogP contribution in [0.3, 0.4) is 0 Å². The Bertz CT molecular complexity index is 868. The fourth-order valence-electron chi connectivity index (χ4n) is 3.94. The molecule has 2 aromatic rings. The summed E-state index contributed by atoms with van der Waals surface area (Å²) in [6, 6.07) is 14.6. The first-order chi connectivity index (χ1) is 15.8. The first-order valence-corrected chi connectivity index (χ1v) is 13.5. The van der Waals surface area contributed by atoms with Gasteiger partial charge in [0.15, 0.2) is 0 Å². The van der Waals surface area contributed by atoms with E-state index < -0.39 is 6.10 Å². The predicted octanol–water partition coefficient (Wildman–Crippen LogP) is 5.36. The molecule has 0 aromatic heterocycles. The monoisotopic (exact) mass is 491 g/mol. The van der Waals surface area contributed by atoms with Gasteiger partial charge < -0.3 is 14.6 Å². The third-order valence-corrected chi connectivity index (χ3v) is 7.74. The summed E-state index contributed by atoms with van der Waals surface area (Å²) in [5.74, 6) is 4.92. The summed E-state index contributed by atoms with van der Waals surface area (Å²) in [4.78, 5) is 2.31. The molecule has 4 nitrogen and oxygen atoms in total. The second-order valence-corrected chi connectivity index (χ2v) is 11.1. The van der Waals surface area contributed by atoms with Crippen molar-refractivity contribution in [1.29, 1.82) is 0 Å². The van der Waals surface area contributed by atoms with Gasteiger partial charge in [-0.15, -0.1) is 11.6 Å². The highest BCUT2D eigenvalue weighted by Crippen LogP contribution is 2.34. The van der Waals surface area contributed by atoms with Gasteiger partial charge >= 0.3 is 0 Å². The molecule has 1 saturated heterocycles. The number of aryl methyl sites for hydroxylation is 1. The van der Waals surface area contributed by atoms with E-state index in [2.05, 4.69) is 62.9 Å². The summed E-state index contributed by atoms with van der Waals surface area (Å²) in [5, 5.41) is 10.3. The van der Waals surface area contributed by atoms with E-state index in [1.807, 2.05) is 23.9 Å². The molecule has 182 valence electrons. The van der Waals surface area contributed by atoms with Crippen LogP contribution >= 0.6 is 23.4 Å². The van der Waals surface area contributed by atoms with Gasteiger partial charge in [0.1, 0.15) is 24.2 Å². The Balaban J connectivity index is 1.57. The molecule has 0 amide bonds. The molecule has 33 heavy (non-hydrogen) atoms. The minimum Gasteiger partial charge on any atom is -0.493 e. The van der Waals surface area contributed by atoms with Crippen LogP contribution in [0.5, 0.6) is 11.5 Å². The Morgan fingerprint density at radius 1 is 1.03 bits per heavy atom. The van der Waals surface area contributed by atoms with Crippen molar-refractivity contribution in [3.05, 3.63) is 59.2 Å². The Morgan fingerprint density at radius 3 is 2.33 bits per heavy atom. The van der Waals surface area contributed by atoms with Crippen LogP contribution in [0.25, 0.3) is 0 Å². The summed E-state index contributed by atoms with van der Waals surface area (Å²) < 4.78 is 11.8. The maximum Gasteiger partial charge on any atom is 0.122 e. The molecule has 0 spiro atoms. The van der Waals surface area contributed by atoms with Crippen molar-refractivity contribution < 1.29 is 14.6 Å². The first-order valence-electron chi connectivity index (χ1n) is 11.8. The SMILES string of the molecule is Cc1cc(C(C)(C)c2ccc(OCC(O)CN3CCSCC3)cc2)ccc1OCC(C)CCl. The molecule has 1 aliphatic rings. The molecule has 6 heteroatoms. The molecule has 0 saturated carbocycles. The highest BCUT2D eigenvalue weighted by atomic mass is 35.5. The smallest absolute Gasteiger partial charge is 0.122 e. The molecule has 3 rings (SSSR count). The third-order valence-electron chi connectivity index (χ3n) is 6.27. The quantitative estimate of drug-likeness (QED) is 0.428. The van der Waals surface area contributed by atoms with Crippen LogP contribution in [0.1, 0.15) is 37.5 Å². The van der Waals surface area contributed by atoms with Crippen molar-refractivity contribution in [3.63, 3.8) is 0 Å². The predicted molar refractivity (Wildman–Crippen MR) is 140 cm³/mol. The average molecular weight is 492 g/mol. The molecular weight excluding hydrogens is 454 g/mol. The molecule has 2 aromatic carbocycles. The number of rotatable bonds is 11. The number of benzene rings is 2. The van der Waals surface area contributed by atoms with E-state index >= 15 is 0 Å².